The summed E-state index contributed by atoms with van der Waals surface area (Å²) in [5, 5.41) is 4.50. The van der Waals surface area contributed by atoms with Crippen LogP contribution in [-0.2, 0) is 0 Å². The van der Waals surface area contributed by atoms with Crippen molar-refractivity contribution >= 4 is 16.7 Å². The maximum Gasteiger partial charge on any atom is 0.130 e. The molecule has 0 spiro atoms. The molecular weight excluding hydrogens is 248 g/mol. The van der Waals surface area contributed by atoms with Crippen molar-refractivity contribution in [3.63, 3.8) is 0 Å². The van der Waals surface area contributed by atoms with E-state index in [1.807, 2.05) is 12.1 Å². The van der Waals surface area contributed by atoms with Gasteiger partial charge in [0.1, 0.15) is 11.6 Å². The summed E-state index contributed by atoms with van der Waals surface area (Å²) in [6, 6.07) is 8.34. The summed E-state index contributed by atoms with van der Waals surface area (Å²) in [6.45, 7) is 10.2. The van der Waals surface area contributed by atoms with Crippen LogP contribution < -0.4 is 10.1 Å². The zero-order valence-electron chi connectivity index (χ0n) is 12.9. The van der Waals surface area contributed by atoms with E-state index >= 15 is 0 Å². The highest BCUT2D eigenvalue weighted by molar-refractivity contribution is 5.83. The Morgan fingerprint density at radius 1 is 1.20 bits per heavy atom. The Morgan fingerprint density at radius 3 is 2.65 bits per heavy atom. The lowest BCUT2D eigenvalue weighted by Crippen LogP contribution is -2.05. The zero-order valence-corrected chi connectivity index (χ0v) is 12.9. The van der Waals surface area contributed by atoms with Crippen LogP contribution in [0.25, 0.3) is 10.9 Å². The topological polar surface area (TPSA) is 34.1 Å². The lowest BCUT2D eigenvalue weighted by atomic mass is 10.0. The smallest absolute Gasteiger partial charge is 0.130 e. The Bertz CT molecular complexity index is 578. The number of benzene rings is 1. The average molecular weight is 272 g/mol. The molecule has 1 heterocycles. The van der Waals surface area contributed by atoms with Crippen LogP contribution in [0.5, 0.6) is 5.75 Å². The summed E-state index contributed by atoms with van der Waals surface area (Å²) < 4.78 is 5.70. The summed E-state index contributed by atoms with van der Waals surface area (Å²) in [4.78, 5) is 4.74. The number of fused-ring (bicyclic) bond motifs is 1. The predicted molar refractivity (Wildman–Crippen MR) is 85.8 cm³/mol. The molecule has 0 saturated heterocycles. The Balaban J connectivity index is 2.44. The van der Waals surface area contributed by atoms with Crippen molar-refractivity contribution in [1.29, 1.82) is 0 Å². The van der Waals surface area contributed by atoms with Crippen LogP contribution in [0.2, 0.25) is 0 Å². The molecule has 0 bridgehead atoms. The van der Waals surface area contributed by atoms with Gasteiger partial charge in [0, 0.05) is 11.9 Å². The third-order valence-corrected chi connectivity index (χ3v) is 3.25. The van der Waals surface area contributed by atoms with E-state index < -0.39 is 0 Å². The molecule has 20 heavy (non-hydrogen) atoms. The van der Waals surface area contributed by atoms with E-state index in [4.69, 9.17) is 9.72 Å². The zero-order chi connectivity index (χ0) is 14.5. The van der Waals surface area contributed by atoms with E-state index in [0.29, 0.717) is 5.92 Å². The fourth-order valence-electron chi connectivity index (χ4n) is 2.23. The first-order valence-electron chi connectivity index (χ1n) is 7.47. The van der Waals surface area contributed by atoms with Crippen molar-refractivity contribution in [3.8, 4) is 5.75 Å². The minimum Gasteiger partial charge on any atom is -0.494 e. The van der Waals surface area contributed by atoms with E-state index in [9.17, 15) is 0 Å². The first-order valence-corrected chi connectivity index (χ1v) is 7.47. The first-order chi connectivity index (χ1) is 9.65. The van der Waals surface area contributed by atoms with Gasteiger partial charge >= 0.3 is 0 Å². The van der Waals surface area contributed by atoms with Gasteiger partial charge in [-0.3, -0.25) is 0 Å². The highest BCUT2D eigenvalue weighted by atomic mass is 16.5. The summed E-state index contributed by atoms with van der Waals surface area (Å²) in [6.07, 6.45) is 1.02. The SMILES string of the molecule is CCCOc1ccc2nc(NCC)c(C(C)C)cc2c1. The summed E-state index contributed by atoms with van der Waals surface area (Å²) >= 11 is 0. The molecule has 3 heteroatoms. The largest absolute Gasteiger partial charge is 0.494 e. The molecule has 0 saturated carbocycles. The quantitative estimate of drug-likeness (QED) is 0.835. The summed E-state index contributed by atoms with van der Waals surface area (Å²) in [5.41, 5.74) is 2.26. The number of anilines is 1. The van der Waals surface area contributed by atoms with E-state index in [-0.39, 0.29) is 0 Å². The van der Waals surface area contributed by atoms with E-state index in [2.05, 4.69) is 45.1 Å². The molecule has 2 rings (SSSR count). The molecule has 1 N–H and O–H groups in total. The maximum atomic E-state index is 5.70. The molecule has 0 fully saturated rings. The molecular formula is C17H24N2O. The van der Waals surface area contributed by atoms with Gasteiger partial charge in [0.05, 0.1) is 12.1 Å². The normalized spacial score (nSPS) is 11.1. The third kappa shape index (κ3) is 3.21. The van der Waals surface area contributed by atoms with Gasteiger partial charge in [-0.25, -0.2) is 4.98 Å². The number of aromatic nitrogens is 1. The fourth-order valence-corrected chi connectivity index (χ4v) is 2.23. The van der Waals surface area contributed by atoms with Crippen molar-refractivity contribution in [3.05, 3.63) is 29.8 Å². The molecule has 2 aromatic rings. The third-order valence-electron chi connectivity index (χ3n) is 3.25. The van der Waals surface area contributed by atoms with Gasteiger partial charge in [-0.15, -0.1) is 0 Å². The minimum atomic E-state index is 0.446. The van der Waals surface area contributed by atoms with E-state index in [0.717, 1.165) is 42.0 Å². The van der Waals surface area contributed by atoms with Crippen molar-refractivity contribution < 1.29 is 4.74 Å². The van der Waals surface area contributed by atoms with Gasteiger partial charge < -0.3 is 10.1 Å². The number of ether oxygens (including phenoxy) is 1. The van der Waals surface area contributed by atoms with Crippen molar-refractivity contribution in [2.45, 2.75) is 40.0 Å². The Kier molecular flexibility index (Phi) is 4.83. The average Bonchev–Trinajstić information content (AvgIpc) is 2.44. The molecule has 0 amide bonds. The molecule has 0 unspecified atom stereocenters. The van der Waals surface area contributed by atoms with Gasteiger partial charge in [0.2, 0.25) is 0 Å². The van der Waals surface area contributed by atoms with Crippen LogP contribution in [0.15, 0.2) is 24.3 Å². The molecule has 1 aromatic carbocycles. The van der Waals surface area contributed by atoms with Crippen LogP contribution in [-0.4, -0.2) is 18.1 Å². The van der Waals surface area contributed by atoms with Crippen LogP contribution in [0.1, 0.15) is 45.6 Å². The molecule has 0 atom stereocenters. The predicted octanol–water partition coefficient (Wildman–Crippen LogP) is 4.58. The van der Waals surface area contributed by atoms with Crippen molar-refractivity contribution in [2.24, 2.45) is 0 Å². The van der Waals surface area contributed by atoms with E-state index in [1.54, 1.807) is 0 Å². The van der Waals surface area contributed by atoms with Crippen LogP contribution in [0, 0.1) is 0 Å². The van der Waals surface area contributed by atoms with Gasteiger partial charge in [0.25, 0.3) is 0 Å². The Labute approximate surface area is 121 Å². The molecule has 0 radical (unpaired) electrons. The molecule has 0 aliphatic carbocycles. The molecule has 108 valence electrons. The maximum absolute atomic E-state index is 5.70. The molecule has 1 aromatic heterocycles. The highest BCUT2D eigenvalue weighted by Gasteiger charge is 2.10. The Hall–Kier alpha value is -1.77. The number of hydrogen-bond donors (Lipinski definition) is 1. The second-order valence-electron chi connectivity index (χ2n) is 5.31. The molecule has 0 aliphatic heterocycles. The van der Waals surface area contributed by atoms with Crippen LogP contribution >= 0.6 is 0 Å². The second-order valence-corrected chi connectivity index (χ2v) is 5.31. The van der Waals surface area contributed by atoms with Gasteiger partial charge in [-0.05, 0) is 49.1 Å². The minimum absolute atomic E-state index is 0.446. The van der Waals surface area contributed by atoms with Gasteiger partial charge in [-0.1, -0.05) is 20.8 Å². The molecule has 3 nitrogen and oxygen atoms in total. The van der Waals surface area contributed by atoms with Crippen LogP contribution in [0.4, 0.5) is 5.82 Å². The first kappa shape index (κ1) is 14.6. The monoisotopic (exact) mass is 272 g/mol. The number of rotatable bonds is 6. The molecule has 0 aliphatic rings. The number of pyridine rings is 1. The van der Waals surface area contributed by atoms with Crippen LogP contribution in [0.3, 0.4) is 0 Å². The lowest BCUT2D eigenvalue weighted by Gasteiger charge is -2.14. The summed E-state index contributed by atoms with van der Waals surface area (Å²) in [7, 11) is 0. The number of hydrogen-bond acceptors (Lipinski definition) is 3. The van der Waals surface area contributed by atoms with Crippen molar-refractivity contribution in [2.75, 3.05) is 18.5 Å². The Morgan fingerprint density at radius 2 is 2.00 bits per heavy atom. The standard InChI is InChI=1S/C17H24N2O/c1-5-9-20-14-7-8-16-13(10-14)11-15(12(3)4)17(19-16)18-6-2/h7-8,10-12H,5-6,9H2,1-4H3,(H,18,19). The fraction of sp³-hybridized carbons (Fsp3) is 0.471. The second kappa shape index (κ2) is 6.60. The highest BCUT2D eigenvalue weighted by Crippen LogP contribution is 2.28. The van der Waals surface area contributed by atoms with Gasteiger partial charge in [-0.2, -0.15) is 0 Å². The number of nitrogens with one attached hydrogen (secondary N) is 1. The lowest BCUT2D eigenvalue weighted by molar-refractivity contribution is 0.318. The van der Waals surface area contributed by atoms with E-state index in [1.165, 1.54) is 5.56 Å². The number of nitrogens with zero attached hydrogens (tertiary/aromatic N) is 1. The summed E-state index contributed by atoms with van der Waals surface area (Å²) in [5.74, 6) is 2.37. The van der Waals surface area contributed by atoms with Gasteiger partial charge in [0.15, 0.2) is 0 Å². The van der Waals surface area contributed by atoms with Crippen molar-refractivity contribution in [1.82, 2.24) is 4.98 Å².